The molecule has 0 rings (SSSR count). The standard InChI is InChI=1S/C16H34N.C4H10O.2ClH.Ti/c1-3-5-7-9-11-13-15-17-16-14-12-10-8-6-4-2;1-2-3-4-5;;;/h3-16H2,1-2H3;5H,2-4H2,1H3;2*1H;/q-1;;;;. The summed E-state index contributed by atoms with van der Waals surface area (Å²) in [4.78, 5) is 0. The zero-order valence-electron chi connectivity index (χ0n) is 17.2. The van der Waals surface area contributed by atoms with Crippen molar-refractivity contribution in [1.29, 1.82) is 0 Å². The fourth-order valence-electron chi connectivity index (χ4n) is 2.28. The molecule has 0 aromatic rings. The second kappa shape index (κ2) is 40.0. The Kier molecular flexibility index (Phi) is 59.3. The second-order valence-corrected chi connectivity index (χ2v) is 6.28. The zero-order valence-corrected chi connectivity index (χ0v) is 20.4. The molecule has 0 unspecified atom stereocenters. The van der Waals surface area contributed by atoms with Crippen LogP contribution in [-0.4, -0.2) is 24.8 Å². The maximum absolute atomic E-state index is 8.07. The molecule has 0 aromatic heterocycles. The van der Waals surface area contributed by atoms with E-state index in [4.69, 9.17) is 5.11 Å². The maximum Gasteiger partial charge on any atom is 0.0430 e. The van der Waals surface area contributed by atoms with Gasteiger partial charge in [0.05, 0.1) is 0 Å². The van der Waals surface area contributed by atoms with Gasteiger partial charge in [0.1, 0.15) is 0 Å². The molecule has 0 bridgehead atoms. The topological polar surface area (TPSA) is 34.3 Å². The van der Waals surface area contributed by atoms with E-state index >= 15 is 0 Å². The molecule has 1 N–H and O–H groups in total. The van der Waals surface area contributed by atoms with E-state index in [0.717, 1.165) is 25.9 Å². The summed E-state index contributed by atoms with van der Waals surface area (Å²) in [5, 5.41) is 12.7. The minimum atomic E-state index is 0. The van der Waals surface area contributed by atoms with Crippen LogP contribution >= 0.6 is 24.8 Å². The van der Waals surface area contributed by atoms with Gasteiger partial charge in [-0.25, -0.2) is 0 Å². The molecule has 0 aliphatic heterocycles. The minimum absolute atomic E-state index is 0. The van der Waals surface area contributed by atoms with E-state index in [1.165, 1.54) is 77.0 Å². The summed E-state index contributed by atoms with van der Waals surface area (Å²) in [6.07, 6.45) is 18.7. The summed E-state index contributed by atoms with van der Waals surface area (Å²) in [5.74, 6) is 0. The van der Waals surface area contributed by atoms with E-state index < -0.39 is 0 Å². The van der Waals surface area contributed by atoms with Crippen molar-refractivity contribution >= 4 is 24.8 Å². The SMILES string of the molecule is CCCCCCCC[N-]CCCCCCCC.CCCCO.Cl.Cl.[Ti]. The Morgan fingerprint density at radius 2 is 0.840 bits per heavy atom. The fraction of sp³-hybridized carbons (Fsp3) is 1.00. The monoisotopic (exact) mass is 434 g/mol. The maximum atomic E-state index is 8.07. The van der Waals surface area contributed by atoms with E-state index in [1.54, 1.807) is 0 Å². The summed E-state index contributed by atoms with van der Waals surface area (Å²) in [6.45, 7) is 9.17. The van der Waals surface area contributed by atoms with Crippen molar-refractivity contribution in [3.8, 4) is 0 Å². The molecule has 0 heterocycles. The smallest absolute Gasteiger partial charge is 0.0430 e. The van der Waals surface area contributed by atoms with Crippen molar-refractivity contribution in [3.05, 3.63) is 5.32 Å². The van der Waals surface area contributed by atoms with Crippen LogP contribution in [-0.2, 0) is 21.7 Å². The van der Waals surface area contributed by atoms with Gasteiger partial charge in [-0.2, -0.15) is 0 Å². The van der Waals surface area contributed by atoms with Crippen molar-refractivity contribution in [2.45, 2.75) is 111 Å². The van der Waals surface area contributed by atoms with Gasteiger partial charge in [-0.05, 0) is 6.42 Å². The molecule has 0 aromatic carbocycles. The Balaban J connectivity index is -0.000000147. The predicted molar refractivity (Wildman–Crippen MR) is 116 cm³/mol. The third-order valence-electron chi connectivity index (χ3n) is 3.85. The first-order valence-corrected chi connectivity index (χ1v) is 10.1. The average Bonchev–Trinajstić information content (AvgIpc) is 2.53. The number of halogens is 2. The molecular weight excluding hydrogens is 389 g/mol. The van der Waals surface area contributed by atoms with Crippen molar-refractivity contribution in [3.63, 3.8) is 0 Å². The molecular formula is C20H46Cl2NOTi-. The molecule has 25 heavy (non-hydrogen) atoms. The Labute approximate surface area is 186 Å². The number of hydrogen-bond acceptors (Lipinski definition) is 1. The van der Waals surface area contributed by atoms with Gasteiger partial charge in [0.15, 0.2) is 0 Å². The summed E-state index contributed by atoms with van der Waals surface area (Å²) < 4.78 is 0. The van der Waals surface area contributed by atoms with Crippen LogP contribution < -0.4 is 0 Å². The molecule has 5 heteroatoms. The minimum Gasteiger partial charge on any atom is -0.662 e. The quantitative estimate of drug-likeness (QED) is 0.196. The van der Waals surface area contributed by atoms with Crippen LogP contribution in [0, 0.1) is 0 Å². The molecule has 0 atom stereocenters. The normalized spacial score (nSPS) is 9.12. The number of aliphatic hydroxyl groups excluding tert-OH is 1. The molecule has 0 fully saturated rings. The van der Waals surface area contributed by atoms with Gasteiger partial charge in [0.2, 0.25) is 0 Å². The van der Waals surface area contributed by atoms with Gasteiger partial charge in [-0.3, -0.25) is 0 Å². The van der Waals surface area contributed by atoms with Crippen LogP contribution in [0.15, 0.2) is 0 Å². The van der Waals surface area contributed by atoms with E-state index in [9.17, 15) is 0 Å². The van der Waals surface area contributed by atoms with Crippen molar-refractivity contribution in [2.24, 2.45) is 0 Å². The largest absolute Gasteiger partial charge is 0.662 e. The molecule has 0 radical (unpaired) electrons. The van der Waals surface area contributed by atoms with Gasteiger partial charge < -0.3 is 10.4 Å². The van der Waals surface area contributed by atoms with Crippen molar-refractivity contribution < 1.29 is 26.8 Å². The van der Waals surface area contributed by atoms with Gasteiger partial charge in [-0.15, -0.1) is 37.9 Å². The second-order valence-electron chi connectivity index (χ2n) is 6.28. The Hall–Kier alpha value is 1.21. The van der Waals surface area contributed by atoms with Gasteiger partial charge in [-0.1, -0.05) is 104 Å². The third kappa shape index (κ3) is 45.9. The first-order chi connectivity index (χ1) is 10.8. The molecule has 0 spiro atoms. The van der Waals surface area contributed by atoms with E-state index in [2.05, 4.69) is 26.1 Å². The molecule has 0 amide bonds. The van der Waals surface area contributed by atoms with E-state index in [0.29, 0.717) is 6.61 Å². The molecule has 156 valence electrons. The van der Waals surface area contributed by atoms with Crippen LogP contribution in [0.25, 0.3) is 5.32 Å². The van der Waals surface area contributed by atoms with Crippen LogP contribution in [0.5, 0.6) is 0 Å². The summed E-state index contributed by atoms with van der Waals surface area (Å²) in [6, 6.07) is 0. The Morgan fingerprint density at radius 3 is 1.12 bits per heavy atom. The molecule has 0 saturated carbocycles. The molecule has 2 nitrogen and oxygen atoms in total. The Morgan fingerprint density at radius 1 is 0.520 bits per heavy atom. The molecule has 0 aliphatic carbocycles. The van der Waals surface area contributed by atoms with Gasteiger partial charge in [0, 0.05) is 28.3 Å². The average molecular weight is 435 g/mol. The van der Waals surface area contributed by atoms with Crippen molar-refractivity contribution in [2.75, 3.05) is 19.7 Å². The first kappa shape index (κ1) is 37.0. The van der Waals surface area contributed by atoms with Crippen LogP contribution in [0.3, 0.4) is 0 Å². The molecule has 0 saturated heterocycles. The number of rotatable bonds is 16. The van der Waals surface area contributed by atoms with Crippen LogP contribution in [0.1, 0.15) is 111 Å². The number of unbranched alkanes of at least 4 members (excludes halogenated alkanes) is 11. The number of aliphatic hydroxyl groups is 1. The summed E-state index contributed by atoms with van der Waals surface area (Å²) in [7, 11) is 0. The van der Waals surface area contributed by atoms with Gasteiger partial charge in [0.25, 0.3) is 0 Å². The number of nitrogens with zero attached hydrogens (tertiary/aromatic N) is 1. The van der Waals surface area contributed by atoms with Gasteiger partial charge >= 0.3 is 0 Å². The third-order valence-corrected chi connectivity index (χ3v) is 3.85. The fourth-order valence-corrected chi connectivity index (χ4v) is 2.28. The van der Waals surface area contributed by atoms with E-state index in [-0.39, 0.29) is 46.5 Å². The Bertz CT molecular complexity index is 162. The molecule has 0 aliphatic rings. The summed E-state index contributed by atoms with van der Waals surface area (Å²) in [5.41, 5.74) is 0. The van der Waals surface area contributed by atoms with Crippen LogP contribution in [0.2, 0.25) is 0 Å². The first-order valence-electron chi connectivity index (χ1n) is 10.1. The zero-order chi connectivity index (χ0) is 16.7. The van der Waals surface area contributed by atoms with E-state index in [1.807, 2.05) is 0 Å². The summed E-state index contributed by atoms with van der Waals surface area (Å²) >= 11 is 0. The predicted octanol–water partition coefficient (Wildman–Crippen LogP) is 7.70. The number of hydrogen-bond donors (Lipinski definition) is 1. The van der Waals surface area contributed by atoms with Crippen LogP contribution in [0.4, 0.5) is 0 Å². The van der Waals surface area contributed by atoms with Crippen molar-refractivity contribution in [1.82, 2.24) is 0 Å².